The summed E-state index contributed by atoms with van der Waals surface area (Å²) in [5.74, 6) is 2.98. The van der Waals surface area contributed by atoms with Crippen LogP contribution in [0.1, 0.15) is 61.9 Å². The second-order valence-electron chi connectivity index (χ2n) is 7.38. The van der Waals surface area contributed by atoms with E-state index < -0.39 is 0 Å². The van der Waals surface area contributed by atoms with Crippen LogP contribution in [0.4, 0.5) is 0 Å². The van der Waals surface area contributed by atoms with Crippen LogP contribution in [-0.2, 0) is 12.0 Å². The molecule has 20 heavy (non-hydrogen) atoms. The maximum atomic E-state index is 4.61. The molecule has 0 atom stereocenters. The molecule has 3 nitrogen and oxygen atoms in total. The van der Waals surface area contributed by atoms with Crippen molar-refractivity contribution in [3.8, 4) is 0 Å². The number of rotatable bonds is 5. The molecule has 110 valence electrons. The Hall–Kier alpha value is -0.480. The largest absolute Gasteiger partial charge is 0.310 e. The van der Waals surface area contributed by atoms with Gasteiger partial charge in [0.2, 0.25) is 0 Å². The summed E-state index contributed by atoms with van der Waals surface area (Å²) < 4.78 is 0. The van der Waals surface area contributed by atoms with Crippen molar-refractivity contribution in [2.75, 3.05) is 6.54 Å². The highest BCUT2D eigenvalue weighted by Gasteiger charge is 2.53. The Labute approximate surface area is 125 Å². The Kier molecular flexibility index (Phi) is 3.34. The van der Waals surface area contributed by atoms with Gasteiger partial charge in [-0.3, -0.25) is 0 Å². The Bertz CT molecular complexity index is 447. The molecule has 1 aromatic heterocycles. The van der Waals surface area contributed by atoms with Crippen LogP contribution in [0.15, 0.2) is 0 Å². The minimum Gasteiger partial charge on any atom is -0.310 e. The first-order chi connectivity index (χ1) is 9.77. The van der Waals surface area contributed by atoms with Crippen molar-refractivity contribution in [1.82, 2.24) is 15.5 Å². The summed E-state index contributed by atoms with van der Waals surface area (Å²) in [7, 11) is 0. The number of nitrogens with one attached hydrogen (secondary N) is 1. The molecule has 4 fully saturated rings. The van der Waals surface area contributed by atoms with Crippen molar-refractivity contribution >= 4 is 11.3 Å². The lowest BCUT2D eigenvalue weighted by Gasteiger charge is -2.55. The van der Waals surface area contributed by atoms with Crippen molar-refractivity contribution in [3.63, 3.8) is 0 Å². The zero-order valence-electron chi connectivity index (χ0n) is 12.4. The summed E-state index contributed by atoms with van der Waals surface area (Å²) in [6, 6.07) is 0. The molecular formula is C16H25N3S. The predicted octanol–water partition coefficient (Wildman–Crippen LogP) is 3.51. The van der Waals surface area contributed by atoms with E-state index in [0.717, 1.165) is 30.8 Å². The van der Waals surface area contributed by atoms with E-state index in [1.807, 2.05) is 11.3 Å². The Morgan fingerprint density at radius 2 is 1.75 bits per heavy atom. The number of aromatic nitrogens is 2. The standard InChI is InChI=1S/C16H25N3S/c1-2-3-17-10-14-18-19-15(20-14)16-7-11-4-12(8-16)6-13(5-11)9-16/h11-13,17H,2-10H2,1H3. The van der Waals surface area contributed by atoms with Gasteiger partial charge in [0, 0.05) is 12.0 Å². The highest BCUT2D eigenvalue weighted by Crippen LogP contribution is 2.60. The molecule has 1 N–H and O–H groups in total. The highest BCUT2D eigenvalue weighted by molar-refractivity contribution is 7.11. The van der Waals surface area contributed by atoms with Gasteiger partial charge in [0.25, 0.3) is 0 Å². The molecule has 0 unspecified atom stereocenters. The van der Waals surface area contributed by atoms with Crippen molar-refractivity contribution in [2.24, 2.45) is 17.8 Å². The van der Waals surface area contributed by atoms with E-state index in [4.69, 9.17) is 0 Å². The lowest BCUT2D eigenvalue weighted by Crippen LogP contribution is -2.48. The molecule has 0 aromatic carbocycles. The van der Waals surface area contributed by atoms with Crippen LogP contribution >= 0.6 is 11.3 Å². The Balaban J connectivity index is 1.52. The summed E-state index contributed by atoms with van der Waals surface area (Å²) in [5.41, 5.74) is 0.426. The first-order valence-corrected chi connectivity index (χ1v) is 9.12. The SMILES string of the molecule is CCCNCc1nnc(C23CC4CC(CC(C4)C2)C3)s1. The fraction of sp³-hybridized carbons (Fsp3) is 0.875. The third kappa shape index (κ3) is 2.21. The van der Waals surface area contributed by atoms with Gasteiger partial charge < -0.3 is 5.32 Å². The maximum absolute atomic E-state index is 4.61. The van der Waals surface area contributed by atoms with Crippen LogP contribution in [0.3, 0.4) is 0 Å². The smallest absolute Gasteiger partial charge is 0.131 e. The predicted molar refractivity (Wildman–Crippen MR) is 81.8 cm³/mol. The van der Waals surface area contributed by atoms with Gasteiger partial charge >= 0.3 is 0 Å². The topological polar surface area (TPSA) is 37.8 Å². The summed E-state index contributed by atoms with van der Waals surface area (Å²) in [6.45, 7) is 4.18. The fourth-order valence-corrected chi connectivity index (χ4v) is 6.31. The summed E-state index contributed by atoms with van der Waals surface area (Å²) >= 11 is 1.89. The third-order valence-corrected chi connectivity index (χ3v) is 6.83. The summed E-state index contributed by atoms with van der Waals surface area (Å²) in [5, 5.41) is 15.1. The number of hydrogen-bond donors (Lipinski definition) is 1. The Morgan fingerprint density at radius 3 is 2.35 bits per heavy atom. The summed E-state index contributed by atoms with van der Waals surface area (Å²) in [4.78, 5) is 0. The van der Waals surface area contributed by atoms with Gasteiger partial charge in [-0.25, -0.2) is 0 Å². The molecule has 0 aliphatic heterocycles. The molecule has 4 saturated carbocycles. The average molecular weight is 291 g/mol. The molecular weight excluding hydrogens is 266 g/mol. The van der Waals surface area contributed by atoms with Gasteiger partial charge in [0.1, 0.15) is 10.0 Å². The molecule has 4 aliphatic rings. The summed E-state index contributed by atoms with van der Waals surface area (Å²) in [6.07, 6.45) is 9.89. The molecule has 0 saturated heterocycles. The molecule has 4 aliphatic carbocycles. The van der Waals surface area contributed by atoms with Gasteiger partial charge in [-0.15, -0.1) is 10.2 Å². The normalized spacial score (nSPS) is 38.5. The van der Waals surface area contributed by atoms with Gasteiger partial charge in [-0.2, -0.15) is 0 Å². The van der Waals surface area contributed by atoms with E-state index >= 15 is 0 Å². The number of nitrogens with zero attached hydrogens (tertiary/aromatic N) is 2. The maximum Gasteiger partial charge on any atom is 0.131 e. The van der Waals surface area contributed by atoms with Crippen molar-refractivity contribution in [2.45, 2.75) is 63.8 Å². The van der Waals surface area contributed by atoms with Gasteiger partial charge in [-0.1, -0.05) is 18.3 Å². The molecule has 0 radical (unpaired) electrons. The van der Waals surface area contributed by atoms with Gasteiger partial charge in [0.05, 0.1) is 0 Å². The van der Waals surface area contributed by atoms with Crippen LogP contribution in [0.2, 0.25) is 0 Å². The molecule has 0 amide bonds. The van der Waals surface area contributed by atoms with Crippen LogP contribution in [0.25, 0.3) is 0 Å². The van der Waals surface area contributed by atoms with E-state index in [1.54, 1.807) is 0 Å². The van der Waals surface area contributed by atoms with E-state index in [0.29, 0.717) is 5.41 Å². The van der Waals surface area contributed by atoms with Crippen LogP contribution in [0.5, 0.6) is 0 Å². The minimum atomic E-state index is 0.426. The lowest BCUT2D eigenvalue weighted by atomic mass is 9.50. The monoisotopic (exact) mass is 291 g/mol. The van der Waals surface area contributed by atoms with Gasteiger partial charge in [0.15, 0.2) is 0 Å². The molecule has 4 bridgehead atoms. The second-order valence-corrected chi connectivity index (χ2v) is 8.44. The molecule has 0 spiro atoms. The van der Waals surface area contributed by atoms with Crippen molar-refractivity contribution in [1.29, 1.82) is 0 Å². The second kappa shape index (κ2) is 5.06. The minimum absolute atomic E-state index is 0.426. The van der Waals surface area contributed by atoms with E-state index in [2.05, 4.69) is 22.4 Å². The quantitative estimate of drug-likeness (QED) is 0.844. The zero-order valence-corrected chi connectivity index (χ0v) is 13.2. The molecule has 4 heteroatoms. The Morgan fingerprint density at radius 1 is 1.10 bits per heavy atom. The fourth-order valence-electron chi connectivity index (χ4n) is 5.28. The zero-order chi connectivity index (χ0) is 13.6. The molecule has 1 heterocycles. The first kappa shape index (κ1) is 13.2. The highest BCUT2D eigenvalue weighted by atomic mass is 32.1. The van der Waals surface area contributed by atoms with Crippen LogP contribution < -0.4 is 5.32 Å². The van der Waals surface area contributed by atoms with E-state index in [-0.39, 0.29) is 0 Å². The third-order valence-electron chi connectivity index (χ3n) is 5.66. The van der Waals surface area contributed by atoms with Crippen LogP contribution in [0, 0.1) is 17.8 Å². The average Bonchev–Trinajstić information content (AvgIpc) is 2.87. The van der Waals surface area contributed by atoms with Crippen LogP contribution in [-0.4, -0.2) is 16.7 Å². The van der Waals surface area contributed by atoms with Crippen molar-refractivity contribution in [3.05, 3.63) is 10.0 Å². The van der Waals surface area contributed by atoms with Gasteiger partial charge in [-0.05, 0) is 69.2 Å². The van der Waals surface area contributed by atoms with E-state index in [9.17, 15) is 0 Å². The lowest BCUT2D eigenvalue weighted by molar-refractivity contribution is -0.00555. The molecule has 1 aromatic rings. The molecule has 5 rings (SSSR count). The number of hydrogen-bond acceptors (Lipinski definition) is 4. The first-order valence-electron chi connectivity index (χ1n) is 8.31. The van der Waals surface area contributed by atoms with E-state index in [1.165, 1.54) is 55.0 Å². The van der Waals surface area contributed by atoms with Crippen molar-refractivity contribution < 1.29 is 0 Å².